The van der Waals surface area contributed by atoms with Crippen molar-refractivity contribution in [1.82, 2.24) is 0 Å². The average Bonchev–Trinajstić information content (AvgIpc) is 3.65. The molecule has 2 amide bonds. The van der Waals surface area contributed by atoms with Gasteiger partial charge in [-0.05, 0) is 78.1 Å². The number of carbonyl (C=O) groups is 2. The van der Waals surface area contributed by atoms with Crippen LogP contribution in [0.4, 0.5) is 21.9 Å². The SMILES string of the molecule is Cc1ccc(-c2ccc(NC(=O)Nc3cc([C@H]4C[C@H]4C(=O)O)ccc3N(CC(C)C)CC(C)C)cc2)c(Cl)c1. The molecule has 3 aromatic carbocycles. The van der Waals surface area contributed by atoms with Gasteiger partial charge in [0.05, 0.1) is 17.3 Å². The average molecular weight is 548 g/mol. The normalized spacial score (nSPS) is 16.3. The van der Waals surface area contributed by atoms with Gasteiger partial charge in [0, 0.05) is 29.4 Å². The fourth-order valence-electron chi connectivity index (χ4n) is 5.02. The molecule has 0 spiro atoms. The van der Waals surface area contributed by atoms with Crippen molar-refractivity contribution < 1.29 is 14.7 Å². The molecule has 39 heavy (non-hydrogen) atoms. The number of carboxylic acids is 1. The van der Waals surface area contributed by atoms with Crippen LogP contribution >= 0.6 is 11.6 Å². The van der Waals surface area contributed by atoms with Gasteiger partial charge in [-0.2, -0.15) is 0 Å². The lowest BCUT2D eigenvalue weighted by molar-refractivity contribution is -0.138. The molecule has 1 aliphatic rings. The van der Waals surface area contributed by atoms with Crippen LogP contribution in [0.25, 0.3) is 11.1 Å². The Morgan fingerprint density at radius 3 is 2.18 bits per heavy atom. The zero-order chi connectivity index (χ0) is 28.3. The van der Waals surface area contributed by atoms with Gasteiger partial charge >= 0.3 is 12.0 Å². The second-order valence-corrected chi connectivity index (χ2v) is 11.8. The minimum absolute atomic E-state index is 0.0232. The van der Waals surface area contributed by atoms with E-state index in [4.69, 9.17) is 11.6 Å². The van der Waals surface area contributed by atoms with E-state index in [-0.39, 0.29) is 17.9 Å². The number of nitrogens with one attached hydrogen (secondary N) is 2. The maximum absolute atomic E-state index is 13.2. The summed E-state index contributed by atoms with van der Waals surface area (Å²) < 4.78 is 0. The summed E-state index contributed by atoms with van der Waals surface area (Å²) in [6.07, 6.45) is 0.624. The van der Waals surface area contributed by atoms with Crippen LogP contribution in [0.1, 0.15) is 51.2 Å². The van der Waals surface area contributed by atoms with Crippen LogP contribution in [0.5, 0.6) is 0 Å². The molecule has 1 saturated carbocycles. The van der Waals surface area contributed by atoms with Crippen molar-refractivity contribution in [3.63, 3.8) is 0 Å². The number of carboxylic acid groups (broad SMARTS) is 1. The summed E-state index contributed by atoms with van der Waals surface area (Å²) in [5, 5.41) is 16.1. The molecule has 1 aliphatic carbocycles. The Morgan fingerprint density at radius 1 is 0.949 bits per heavy atom. The number of carbonyl (C=O) groups excluding carboxylic acids is 1. The van der Waals surface area contributed by atoms with E-state index in [0.717, 1.165) is 41.0 Å². The highest BCUT2D eigenvalue weighted by Gasteiger charge is 2.44. The maximum atomic E-state index is 13.2. The molecule has 0 aliphatic heterocycles. The Kier molecular flexibility index (Phi) is 8.86. The zero-order valence-corrected chi connectivity index (χ0v) is 24.0. The number of benzene rings is 3. The van der Waals surface area contributed by atoms with Crippen molar-refractivity contribution in [3.8, 4) is 11.1 Å². The monoisotopic (exact) mass is 547 g/mol. The van der Waals surface area contributed by atoms with Gasteiger partial charge in [0.2, 0.25) is 0 Å². The maximum Gasteiger partial charge on any atom is 0.323 e. The third kappa shape index (κ3) is 7.33. The van der Waals surface area contributed by atoms with Gasteiger partial charge in [0.25, 0.3) is 0 Å². The molecule has 0 heterocycles. The van der Waals surface area contributed by atoms with Gasteiger partial charge in [-0.1, -0.05) is 69.6 Å². The topological polar surface area (TPSA) is 81.7 Å². The lowest BCUT2D eigenvalue weighted by Crippen LogP contribution is -2.32. The predicted molar refractivity (Wildman–Crippen MR) is 161 cm³/mol. The molecule has 2 atom stereocenters. The number of aliphatic carboxylic acids is 1. The van der Waals surface area contributed by atoms with E-state index >= 15 is 0 Å². The van der Waals surface area contributed by atoms with Crippen molar-refractivity contribution in [2.75, 3.05) is 28.6 Å². The summed E-state index contributed by atoms with van der Waals surface area (Å²) in [5.74, 6) is -0.283. The van der Waals surface area contributed by atoms with Crippen LogP contribution in [-0.4, -0.2) is 30.2 Å². The Hall–Kier alpha value is -3.51. The molecule has 0 aromatic heterocycles. The second-order valence-electron chi connectivity index (χ2n) is 11.4. The number of aryl methyl sites for hydroxylation is 1. The molecule has 6 nitrogen and oxygen atoms in total. The number of hydrogen-bond donors (Lipinski definition) is 3. The Morgan fingerprint density at radius 2 is 1.62 bits per heavy atom. The number of hydrogen-bond acceptors (Lipinski definition) is 3. The summed E-state index contributed by atoms with van der Waals surface area (Å²) >= 11 is 6.43. The third-order valence-electron chi connectivity index (χ3n) is 6.89. The quantitative estimate of drug-likeness (QED) is 0.238. The van der Waals surface area contributed by atoms with Crippen molar-refractivity contribution in [3.05, 3.63) is 76.8 Å². The predicted octanol–water partition coefficient (Wildman–Crippen LogP) is 8.27. The van der Waals surface area contributed by atoms with Gasteiger partial charge in [-0.25, -0.2) is 4.79 Å². The molecule has 206 valence electrons. The van der Waals surface area contributed by atoms with Gasteiger partial charge in [0.1, 0.15) is 0 Å². The highest BCUT2D eigenvalue weighted by Crippen LogP contribution is 2.49. The summed E-state index contributed by atoms with van der Waals surface area (Å²) in [4.78, 5) is 26.9. The van der Waals surface area contributed by atoms with Gasteiger partial charge < -0.3 is 20.6 Å². The minimum atomic E-state index is -0.770. The number of urea groups is 1. The Bertz CT molecular complexity index is 1330. The highest BCUT2D eigenvalue weighted by molar-refractivity contribution is 6.33. The fraction of sp³-hybridized carbons (Fsp3) is 0.375. The molecule has 4 rings (SSSR count). The number of halogens is 1. The van der Waals surface area contributed by atoms with E-state index in [1.807, 2.05) is 67.6 Å². The summed E-state index contributed by atoms with van der Waals surface area (Å²) in [6.45, 7) is 12.4. The van der Waals surface area contributed by atoms with Crippen molar-refractivity contribution >= 4 is 40.7 Å². The summed E-state index contributed by atoms with van der Waals surface area (Å²) in [5.41, 5.74) is 6.23. The highest BCUT2D eigenvalue weighted by atomic mass is 35.5. The molecular weight excluding hydrogens is 510 g/mol. The van der Waals surface area contributed by atoms with E-state index in [1.54, 1.807) is 0 Å². The minimum Gasteiger partial charge on any atom is -0.481 e. The van der Waals surface area contributed by atoms with Crippen LogP contribution in [0.2, 0.25) is 5.02 Å². The van der Waals surface area contributed by atoms with Crippen molar-refractivity contribution in [2.24, 2.45) is 17.8 Å². The largest absolute Gasteiger partial charge is 0.481 e. The third-order valence-corrected chi connectivity index (χ3v) is 7.21. The van der Waals surface area contributed by atoms with Crippen LogP contribution in [0.3, 0.4) is 0 Å². The van der Waals surface area contributed by atoms with Crippen LogP contribution in [0.15, 0.2) is 60.7 Å². The smallest absolute Gasteiger partial charge is 0.323 e. The van der Waals surface area contributed by atoms with Crippen molar-refractivity contribution in [2.45, 2.75) is 47.0 Å². The lowest BCUT2D eigenvalue weighted by Gasteiger charge is -2.30. The van der Waals surface area contributed by atoms with E-state index in [9.17, 15) is 14.7 Å². The first-order valence-electron chi connectivity index (χ1n) is 13.6. The number of amides is 2. The first-order chi connectivity index (χ1) is 18.5. The van der Waals surface area contributed by atoms with Crippen LogP contribution < -0.4 is 15.5 Å². The molecule has 0 saturated heterocycles. The molecule has 3 aromatic rings. The number of anilines is 3. The molecule has 0 radical (unpaired) electrons. The number of rotatable bonds is 10. The molecule has 0 unspecified atom stereocenters. The standard InChI is InChI=1S/C32H38ClN3O3/c1-19(2)17-36(18-20(3)4)30-13-9-23(26-16-27(26)31(37)38)15-29(30)35-32(39)34-24-10-7-22(8-11-24)25-12-6-21(5)14-28(25)33/h6-15,19-20,26-27H,16-18H2,1-5H3,(H,37,38)(H2,34,35,39)/t26-,27-/m1/s1. The fourth-order valence-corrected chi connectivity index (χ4v) is 5.37. The second kappa shape index (κ2) is 12.1. The molecule has 1 fully saturated rings. The van der Waals surface area contributed by atoms with Gasteiger partial charge in [0.15, 0.2) is 0 Å². The van der Waals surface area contributed by atoms with E-state index in [1.165, 1.54) is 0 Å². The molecular formula is C32H38ClN3O3. The first-order valence-corrected chi connectivity index (χ1v) is 14.0. The summed E-state index contributed by atoms with van der Waals surface area (Å²) in [6, 6.07) is 19.2. The van der Waals surface area contributed by atoms with Gasteiger partial charge in [-0.3, -0.25) is 4.79 Å². The van der Waals surface area contributed by atoms with Gasteiger partial charge in [-0.15, -0.1) is 0 Å². The zero-order valence-electron chi connectivity index (χ0n) is 23.3. The molecule has 7 heteroatoms. The van der Waals surface area contributed by atoms with E-state index in [0.29, 0.717) is 34.7 Å². The molecule has 3 N–H and O–H groups in total. The molecule has 0 bridgehead atoms. The Labute approximate surface area is 236 Å². The van der Waals surface area contributed by atoms with Crippen molar-refractivity contribution in [1.29, 1.82) is 0 Å². The first kappa shape index (κ1) is 28.5. The lowest BCUT2D eigenvalue weighted by atomic mass is 10.0. The number of nitrogens with zero attached hydrogens (tertiary/aromatic N) is 1. The van der Waals surface area contributed by atoms with E-state index in [2.05, 4.69) is 43.2 Å². The Balaban J connectivity index is 1.55. The summed E-state index contributed by atoms with van der Waals surface area (Å²) in [7, 11) is 0. The van der Waals surface area contributed by atoms with Crippen LogP contribution in [0, 0.1) is 24.7 Å². The van der Waals surface area contributed by atoms with Crippen LogP contribution in [-0.2, 0) is 4.79 Å². The van der Waals surface area contributed by atoms with E-state index < -0.39 is 5.97 Å².